The van der Waals surface area contributed by atoms with Gasteiger partial charge in [0.1, 0.15) is 5.75 Å². The van der Waals surface area contributed by atoms with Crippen LogP contribution in [0.1, 0.15) is 45.4 Å². The van der Waals surface area contributed by atoms with Crippen molar-refractivity contribution in [3.8, 4) is 5.75 Å². The van der Waals surface area contributed by atoms with Crippen molar-refractivity contribution >= 4 is 44.2 Å². The van der Waals surface area contributed by atoms with Crippen LogP contribution < -0.4 is 10.1 Å². The first-order valence-electron chi connectivity index (χ1n) is 9.51. The van der Waals surface area contributed by atoms with E-state index in [9.17, 15) is 4.79 Å². The van der Waals surface area contributed by atoms with Crippen LogP contribution in [0.25, 0.3) is 10.2 Å². The first-order chi connectivity index (χ1) is 12.5. The van der Waals surface area contributed by atoms with Gasteiger partial charge < -0.3 is 10.1 Å². The van der Waals surface area contributed by atoms with Gasteiger partial charge in [0.25, 0.3) is 0 Å². The molecule has 1 heterocycles. The third-order valence-electron chi connectivity index (χ3n) is 6.36. The quantitative estimate of drug-likeness (QED) is 0.729. The number of amides is 1. The van der Waals surface area contributed by atoms with Gasteiger partial charge >= 0.3 is 0 Å². The molecule has 1 N–H and O–H groups in total. The molecule has 138 valence electrons. The second-order valence-electron chi connectivity index (χ2n) is 8.43. The number of halogens is 1. The summed E-state index contributed by atoms with van der Waals surface area (Å²) in [6, 6.07) is 5.86. The lowest BCUT2D eigenvalue weighted by Crippen LogP contribution is -2.57. The van der Waals surface area contributed by atoms with E-state index in [1.165, 1.54) is 17.8 Å². The zero-order valence-electron chi connectivity index (χ0n) is 14.9. The van der Waals surface area contributed by atoms with Gasteiger partial charge in [-0.05, 0) is 75.5 Å². The number of nitrogens with one attached hydrogen (secondary N) is 1. The summed E-state index contributed by atoms with van der Waals surface area (Å²) in [6.07, 6.45) is 6.22. The van der Waals surface area contributed by atoms with Crippen LogP contribution in [-0.2, 0) is 4.79 Å². The van der Waals surface area contributed by atoms with Crippen LogP contribution in [0.15, 0.2) is 18.2 Å². The predicted octanol–water partition coefficient (Wildman–Crippen LogP) is 5.21. The maximum atomic E-state index is 13.2. The van der Waals surface area contributed by atoms with E-state index in [1.807, 2.05) is 25.1 Å². The van der Waals surface area contributed by atoms with E-state index in [-0.39, 0.29) is 16.2 Å². The summed E-state index contributed by atoms with van der Waals surface area (Å²) < 4.78 is 6.59. The Bertz CT molecular complexity index is 866. The Hall–Kier alpha value is -1.33. The number of nitrogens with zero attached hydrogens (tertiary/aromatic N) is 1. The van der Waals surface area contributed by atoms with Crippen LogP contribution in [-0.4, -0.2) is 22.4 Å². The van der Waals surface area contributed by atoms with Gasteiger partial charge in [0.05, 0.1) is 22.2 Å². The minimum atomic E-state index is -0.291. The summed E-state index contributed by atoms with van der Waals surface area (Å²) in [4.78, 5) is 17.7. The summed E-state index contributed by atoms with van der Waals surface area (Å²) in [5.74, 6) is 2.19. The zero-order valence-corrected chi connectivity index (χ0v) is 16.5. The molecule has 0 saturated heterocycles. The van der Waals surface area contributed by atoms with Gasteiger partial charge in [0.15, 0.2) is 5.13 Å². The molecule has 26 heavy (non-hydrogen) atoms. The first-order valence-corrected chi connectivity index (χ1v) is 10.7. The number of carbonyl (C=O) groups excluding carboxylic acids is 1. The molecule has 4 nitrogen and oxygen atoms in total. The number of thiazole rings is 1. The number of hydrogen-bond acceptors (Lipinski definition) is 4. The maximum absolute atomic E-state index is 13.2. The van der Waals surface area contributed by atoms with Crippen molar-refractivity contribution in [2.75, 3.05) is 11.9 Å². The van der Waals surface area contributed by atoms with E-state index >= 15 is 0 Å². The summed E-state index contributed by atoms with van der Waals surface area (Å²) in [5.41, 5.74) is 0.605. The number of carbonyl (C=O) groups is 1. The van der Waals surface area contributed by atoms with Crippen molar-refractivity contribution in [2.24, 2.45) is 17.3 Å². The van der Waals surface area contributed by atoms with Crippen molar-refractivity contribution in [3.63, 3.8) is 0 Å². The smallest absolute Gasteiger partial charge is 0.232 e. The fourth-order valence-electron chi connectivity index (χ4n) is 5.86. The number of alkyl halides is 1. The van der Waals surface area contributed by atoms with Crippen molar-refractivity contribution in [1.29, 1.82) is 0 Å². The summed E-state index contributed by atoms with van der Waals surface area (Å²) in [5, 5.41) is 3.80. The van der Waals surface area contributed by atoms with E-state index < -0.39 is 0 Å². The average Bonchev–Trinajstić information content (AvgIpc) is 2.94. The molecule has 6 rings (SSSR count). The number of anilines is 1. The van der Waals surface area contributed by atoms with Gasteiger partial charge in [-0.25, -0.2) is 4.98 Å². The van der Waals surface area contributed by atoms with Gasteiger partial charge in [-0.3, -0.25) is 4.79 Å². The highest BCUT2D eigenvalue weighted by molar-refractivity contribution is 7.22. The fourth-order valence-corrected chi connectivity index (χ4v) is 7.44. The lowest BCUT2D eigenvalue weighted by Gasteiger charge is -2.59. The fraction of sp³-hybridized carbons (Fsp3) is 0.600. The van der Waals surface area contributed by atoms with Gasteiger partial charge in [0.2, 0.25) is 5.91 Å². The molecule has 4 saturated carbocycles. The molecule has 1 aromatic carbocycles. The molecular formula is C20H23ClN2O2S. The third-order valence-corrected chi connectivity index (χ3v) is 7.74. The molecule has 0 aliphatic heterocycles. The van der Waals surface area contributed by atoms with Crippen LogP contribution in [0.4, 0.5) is 5.13 Å². The minimum absolute atomic E-state index is 0.126. The Kier molecular flexibility index (Phi) is 3.77. The average molecular weight is 391 g/mol. The monoisotopic (exact) mass is 390 g/mol. The minimum Gasteiger partial charge on any atom is -0.494 e. The number of benzene rings is 1. The SMILES string of the molecule is CCOc1ccc2nc(NC(=O)C34C[C@@H]5C[C@@H](CC(Cl)(C5)C3)C4)sc2c1. The van der Waals surface area contributed by atoms with Gasteiger partial charge in [-0.15, -0.1) is 11.6 Å². The molecule has 0 radical (unpaired) electrons. The second-order valence-corrected chi connectivity index (χ2v) is 10.3. The molecule has 4 aliphatic carbocycles. The normalized spacial score (nSPS) is 35.0. The molecular weight excluding hydrogens is 368 g/mol. The van der Waals surface area contributed by atoms with Crippen LogP contribution >= 0.6 is 22.9 Å². The topological polar surface area (TPSA) is 51.2 Å². The summed E-state index contributed by atoms with van der Waals surface area (Å²) in [6.45, 7) is 2.61. The van der Waals surface area contributed by atoms with Crippen molar-refractivity contribution in [1.82, 2.24) is 4.98 Å². The number of ether oxygens (including phenoxy) is 1. The Morgan fingerprint density at radius 3 is 2.81 bits per heavy atom. The van der Waals surface area contributed by atoms with Crippen molar-refractivity contribution < 1.29 is 9.53 Å². The lowest BCUT2D eigenvalue weighted by molar-refractivity contribution is -0.138. The van der Waals surface area contributed by atoms with E-state index in [1.54, 1.807) is 0 Å². The molecule has 4 aliphatic rings. The van der Waals surface area contributed by atoms with Crippen molar-refractivity contribution in [3.05, 3.63) is 18.2 Å². The number of fused-ring (bicyclic) bond motifs is 1. The van der Waals surface area contributed by atoms with E-state index in [4.69, 9.17) is 16.3 Å². The molecule has 4 bridgehead atoms. The van der Waals surface area contributed by atoms with E-state index in [2.05, 4.69) is 10.3 Å². The van der Waals surface area contributed by atoms with E-state index in [0.29, 0.717) is 23.6 Å². The van der Waals surface area contributed by atoms with Crippen LogP contribution in [0.3, 0.4) is 0 Å². The third kappa shape index (κ3) is 2.71. The highest BCUT2D eigenvalue weighted by Gasteiger charge is 2.60. The molecule has 4 fully saturated rings. The maximum Gasteiger partial charge on any atom is 0.232 e. The van der Waals surface area contributed by atoms with E-state index in [0.717, 1.165) is 48.1 Å². The molecule has 2 unspecified atom stereocenters. The number of rotatable bonds is 4. The molecule has 1 amide bonds. The van der Waals surface area contributed by atoms with Gasteiger partial charge in [-0.1, -0.05) is 11.3 Å². The number of aromatic nitrogens is 1. The van der Waals surface area contributed by atoms with Crippen LogP contribution in [0.5, 0.6) is 5.75 Å². The Balaban J connectivity index is 1.39. The highest BCUT2D eigenvalue weighted by Crippen LogP contribution is 2.64. The van der Waals surface area contributed by atoms with Gasteiger partial charge in [0, 0.05) is 4.87 Å². The molecule has 6 heteroatoms. The molecule has 2 aromatic rings. The summed E-state index contributed by atoms with van der Waals surface area (Å²) in [7, 11) is 0. The first kappa shape index (κ1) is 16.8. The molecule has 4 atom stereocenters. The van der Waals surface area contributed by atoms with Crippen LogP contribution in [0.2, 0.25) is 0 Å². The van der Waals surface area contributed by atoms with Gasteiger partial charge in [-0.2, -0.15) is 0 Å². The molecule has 0 spiro atoms. The second kappa shape index (κ2) is 5.83. The van der Waals surface area contributed by atoms with Crippen LogP contribution in [0, 0.1) is 17.3 Å². The predicted molar refractivity (Wildman–Crippen MR) is 105 cm³/mol. The Morgan fingerprint density at radius 1 is 1.35 bits per heavy atom. The lowest BCUT2D eigenvalue weighted by atomic mass is 9.49. The highest BCUT2D eigenvalue weighted by atomic mass is 35.5. The standard InChI is InChI=1S/C20H23ClN2O2S/c1-2-25-14-3-4-15-16(6-14)26-18(22-15)23-17(24)19-7-12-5-13(8-19)10-20(21,9-12)11-19/h3-4,6,12-13H,2,5,7-11H2,1H3,(H,22,23,24)/t12-,13+,19?,20?. The zero-order chi connectivity index (χ0) is 17.9. The molecule has 1 aromatic heterocycles. The van der Waals surface area contributed by atoms with Crippen molar-refractivity contribution in [2.45, 2.75) is 50.3 Å². The number of hydrogen-bond donors (Lipinski definition) is 1. The summed E-state index contributed by atoms with van der Waals surface area (Å²) >= 11 is 8.38. The Morgan fingerprint density at radius 2 is 2.12 bits per heavy atom. The largest absolute Gasteiger partial charge is 0.494 e. The Labute approximate surface area is 162 Å².